The monoisotopic (exact) mass is 296 g/mol. The summed E-state index contributed by atoms with van der Waals surface area (Å²) >= 11 is 1.55. The van der Waals surface area contributed by atoms with Crippen LogP contribution in [0.3, 0.4) is 0 Å². The van der Waals surface area contributed by atoms with E-state index in [0.717, 1.165) is 42.6 Å². The van der Waals surface area contributed by atoms with Gasteiger partial charge in [0.15, 0.2) is 11.0 Å². The van der Waals surface area contributed by atoms with E-state index in [1.807, 2.05) is 4.57 Å². The zero-order valence-electron chi connectivity index (χ0n) is 11.9. The average molecular weight is 296 g/mol. The van der Waals surface area contributed by atoms with E-state index in [0.29, 0.717) is 18.2 Å². The van der Waals surface area contributed by atoms with E-state index in [4.69, 9.17) is 10.3 Å². The molecule has 2 aromatic heterocycles. The van der Waals surface area contributed by atoms with E-state index in [1.54, 1.807) is 11.8 Å². The topological polar surface area (TPSA) is 95.6 Å². The number of hydrogen-bond acceptors (Lipinski definition) is 7. The molecule has 0 saturated carbocycles. The third kappa shape index (κ3) is 3.57. The molecule has 110 valence electrons. The fourth-order valence-electron chi connectivity index (χ4n) is 1.83. The standard InChI is InChI=1S/C12H20N6OS/c1-3-5-9-14-11(19-17-9)8-20-12-16-15-10(7-13)18(12)6-4-2/h3-8,13H2,1-2H3. The summed E-state index contributed by atoms with van der Waals surface area (Å²) < 4.78 is 7.26. The lowest BCUT2D eigenvalue weighted by atomic mass is 10.3. The van der Waals surface area contributed by atoms with Gasteiger partial charge in [0.2, 0.25) is 5.89 Å². The van der Waals surface area contributed by atoms with Crippen LogP contribution < -0.4 is 5.73 Å². The van der Waals surface area contributed by atoms with E-state index in [1.165, 1.54) is 0 Å². The van der Waals surface area contributed by atoms with Crippen molar-refractivity contribution in [3.8, 4) is 0 Å². The molecule has 0 atom stereocenters. The van der Waals surface area contributed by atoms with Gasteiger partial charge < -0.3 is 14.8 Å². The molecule has 2 aromatic rings. The van der Waals surface area contributed by atoms with E-state index in [2.05, 4.69) is 34.2 Å². The zero-order valence-corrected chi connectivity index (χ0v) is 12.7. The Morgan fingerprint density at radius 2 is 2.10 bits per heavy atom. The Morgan fingerprint density at radius 3 is 2.80 bits per heavy atom. The highest BCUT2D eigenvalue weighted by atomic mass is 32.2. The second-order valence-corrected chi connectivity index (χ2v) is 5.34. The third-order valence-corrected chi connectivity index (χ3v) is 3.68. The van der Waals surface area contributed by atoms with Gasteiger partial charge in [-0.3, -0.25) is 0 Å². The highest BCUT2D eigenvalue weighted by Gasteiger charge is 2.13. The number of rotatable bonds is 8. The van der Waals surface area contributed by atoms with Gasteiger partial charge in [-0.05, 0) is 12.8 Å². The average Bonchev–Trinajstić information content (AvgIpc) is 3.04. The summed E-state index contributed by atoms with van der Waals surface area (Å²) in [5, 5.41) is 13.1. The van der Waals surface area contributed by atoms with Crippen LogP contribution in [-0.2, 0) is 25.3 Å². The molecule has 0 amide bonds. The molecule has 20 heavy (non-hydrogen) atoms. The summed E-state index contributed by atoms with van der Waals surface area (Å²) in [6.45, 7) is 5.47. The fraction of sp³-hybridized carbons (Fsp3) is 0.667. The van der Waals surface area contributed by atoms with Crippen LogP contribution in [0.25, 0.3) is 0 Å². The van der Waals surface area contributed by atoms with Crippen LogP contribution in [0.4, 0.5) is 0 Å². The molecule has 0 saturated heterocycles. The predicted octanol–water partition coefficient (Wildman–Crippen LogP) is 1.77. The molecule has 0 aliphatic carbocycles. The number of nitrogens with two attached hydrogens (primary N) is 1. The summed E-state index contributed by atoms with van der Waals surface area (Å²) in [5.41, 5.74) is 5.66. The van der Waals surface area contributed by atoms with Gasteiger partial charge in [-0.25, -0.2) is 0 Å². The SMILES string of the molecule is CCCc1noc(CSc2nnc(CN)n2CCC)n1. The van der Waals surface area contributed by atoms with Crippen LogP contribution in [0.1, 0.15) is 44.2 Å². The molecule has 0 aromatic carbocycles. The summed E-state index contributed by atoms with van der Waals surface area (Å²) in [5.74, 6) is 2.80. The van der Waals surface area contributed by atoms with Gasteiger partial charge in [0.1, 0.15) is 5.82 Å². The third-order valence-electron chi connectivity index (χ3n) is 2.73. The van der Waals surface area contributed by atoms with Crippen LogP contribution in [0.2, 0.25) is 0 Å². The molecule has 0 fully saturated rings. The minimum atomic E-state index is 0.398. The molecule has 2 rings (SSSR count). The normalized spacial score (nSPS) is 11.2. The van der Waals surface area contributed by atoms with Crippen molar-refractivity contribution in [3.05, 3.63) is 17.5 Å². The molecule has 2 heterocycles. The fourth-order valence-corrected chi connectivity index (χ4v) is 2.65. The van der Waals surface area contributed by atoms with Crippen LogP contribution in [0, 0.1) is 0 Å². The number of aromatic nitrogens is 5. The molecule has 7 nitrogen and oxygen atoms in total. The van der Waals surface area contributed by atoms with E-state index in [-0.39, 0.29) is 0 Å². The maximum atomic E-state index is 5.66. The number of thioether (sulfide) groups is 1. The summed E-state index contributed by atoms with van der Waals surface area (Å²) in [6.07, 6.45) is 2.87. The molecule has 2 N–H and O–H groups in total. The Labute approximate surface area is 122 Å². The first-order valence-electron chi connectivity index (χ1n) is 6.84. The van der Waals surface area contributed by atoms with Gasteiger partial charge >= 0.3 is 0 Å². The molecule has 0 aliphatic heterocycles. The number of hydrogen-bond donors (Lipinski definition) is 1. The quantitative estimate of drug-likeness (QED) is 0.742. The first-order valence-corrected chi connectivity index (χ1v) is 7.83. The van der Waals surface area contributed by atoms with Gasteiger partial charge in [-0.15, -0.1) is 10.2 Å². The molecule has 0 aliphatic rings. The van der Waals surface area contributed by atoms with E-state index in [9.17, 15) is 0 Å². The first-order chi connectivity index (χ1) is 9.78. The van der Waals surface area contributed by atoms with Crippen LogP contribution in [0.15, 0.2) is 9.68 Å². The zero-order chi connectivity index (χ0) is 14.4. The van der Waals surface area contributed by atoms with Crippen LogP contribution in [0.5, 0.6) is 0 Å². The Bertz CT molecular complexity index is 538. The van der Waals surface area contributed by atoms with Crippen molar-refractivity contribution >= 4 is 11.8 Å². The van der Waals surface area contributed by atoms with E-state index < -0.39 is 0 Å². The Balaban J connectivity index is 2.00. The number of nitrogens with zero attached hydrogens (tertiary/aromatic N) is 5. The lowest BCUT2D eigenvalue weighted by Gasteiger charge is -2.06. The van der Waals surface area contributed by atoms with Gasteiger partial charge in [-0.2, -0.15) is 4.98 Å². The molecular formula is C12H20N6OS. The van der Waals surface area contributed by atoms with Gasteiger partial charge in [-0.1, -0.05) is 30.8 Å². The smallest absolute Gasteiger partial charge is 0.237 e. The van der Waals surface area contributed by atoms with Crippen LogP contribution >= 0.6 is 11.8 Å². The summed E-state index contributed by atoms with van der Waals surface area (Å²) in [4.78, 5) is 4.34. The lowest BCUT2D eigenvalue weighted by Crippen LogP contribution is -2.09. The lowest BCUT2D eigenvalue weighted by molar-refractivity contribution is 0.384. The predicted molar refractivity (Wildman–Crippen MR) is 76.1 cm³/mol. The summed E-state index contributed by atoms with van der Waals surface area (Å²) in [6, 6.07) is 0. The van der Waals surface area contributed by atoms with Crippen molar-refractivity contribution < 1.29 is 4.52 Å². The molecule has 8 heteroatoms. The van der Waals surface area contributed by atoms with Crippen molar-refractivity contribution in [2.24, 2.45) is 5.73 Å². The molecule has 0 radical (unpaired) electrons. The van der Waals surface area contributed by atoms with Gasteiger partial charge in [0.05, 0.1) is 12.3 Å². The minimum Gasteiger partial charge on any atom is -0.338 e. The molecule has 0 bridgehead atoms. The maximum Gasteiger partial charge on any atom is 0.237 e. The van der Waals surface area contributed by atoms with Crippen molar-refractivity contribution in [1.29, 1.82) is 0 Å². The van der Waals surface area contributed by atoms with Crippen LogP contribution in [-0.4, -0.2) is 24.9 Å². The second-order valence-electron chi connectivity index (χ2n) is 4.40. The Morgan fingerprint density at radius 1 is 1.25 bits per heavy atom. The van der Waals surface area contributed by atoms with E-state index >= 15 is 0 Å². The van der Waals surface area contributed by atoms with Crippen molar-refractivity contribution in [2.75, 3.05) is 0 Å². The minimum absolute atomic E-state index is 0.398. The second kappa shape index (κ2) is 7.39. The highest BCUT2D eigenvalue weighted by molar-refractivity contribution is 7.98. The van der Waals surface area contributed by atoms with Crippen molar-refractivity contribution in [2.45, 2.75) is 57.1 Å². The Kier molecular flexibility index (Phi) is 5.54. The largest absolute Gasteiger partial charge is 0.338 e. The molecular weight excluding hydrogens is 276 g/mol. The van der Waals surface area contributed by atoms with Gasteiger partial charge in [0, 0.05) is 13.0 Å². The first kappa shape index (κ1) is 15.0. The highest BCUT2D eigenvalue weighted by Crippen LogP contribution is 2.21. The number of aryl methyl sites for hydroxylation is 1. The van der Waals surface area contributed by atoms with Crippen molar-refractivity contribution in [3.63, 3.8) is 0 Å². The Hall–Kier alpha value is -1.41. The van der Waals surface area contributed by atoms with Gasteiger partial charge in [0.25, 0.3) is 0 Å². The molecule has 0 unspecified atom stereocenters. The molecule has 0 spiro atoms. The maximum absolute atomic E-state index is 5.66. The summed E-state index contributed by atoms with van der Waals surface area (Å²) in [7, 11) is 0. The van der Waals surface area contributed by atoms with Crippen molar-refractivity contribution in [1.82, 2.24) is 24.9 Å².